The van der Waals surface area contributed by atoms with Crippen LogP contribution in [0.5, 0.6) is 0 Å². The van der Waals surface area contributed by atoms with E-state index in [1.54, 1.807) is 42.3 Å². The molecule has 0 radical (unpaired) electrons. The van der Waals surface area contributed by atoms with Gasteiger partial charge < -0.3 is 15.5 Å². The number of aromatic nitrogens is 2. The molecule has 0 spiro atoms. The Kier molecular flexibility index (Phi) is 4.91. The molecule has 0 saturated heterocycles. The SMILES string of the molecule is Cc1cc(C)nc(Nc2ccc(NC(=O)C3(C)CC(=O)N=C4C=CC=CN43)cc2)n1. The van der Waals surface area contributed by atoms with Gasteiger partial charge in [-0.3, -0.25) is 9.59 Å². The molecular weight excluding hydrogens is 380 g/mol. The van der Waals surface area contributed by atoms with Crippen LogP contribution in [0, 0.1) is 13.8 Å². The number of carbonyl (C=O) groups excluding carboxylic acids is 2. The summed E-state index contributed by atoms with van der Waals surface area (Å²) in [5.74, 6) is 0.405. The number of fused-ring (bicyclic) bond motifs is 1. The van der Waals surface area contributed by atoms with Crippen molar-refractivity contribution >= 4 is 35.0 Å². The molecule has 1 aromatic carbocycles. The second kappa shape index (κ2) is 7.55. The lowest BCUT2D eigenvalue weighted by Gasteiger charge is -2.41. The van der Waals surface area contributed by atoms with E-state index in [9.17, 15) is 9.59 Å². The normalized spacial score (nSPS) is 19.9. The molecule has 0 aliphatic carbocycles. The van der Waals surface area contributed by atoms with E-state index in [0.717, 1.165) is 17.1 Å². The first-order chi connectivity index (χ1) is 14.3. The van der Waals surface area contributed by atoms with Crippen molar-refractivity contribution in [2.45, 2.75) is 32.7 Å². The summed E-state index contributed by atoms with van der Waals surface area (Å²) in [6.45, 7) is 5.57. The number of hydrogen-bond donors (Lipinski definition) is 2. The zero-order valence-electron chi connectivity index (χ0n) is 17.0. The van der Waals surface area contributed by atoms with Gasteiger partial charge in [0.25, 0.3) is 11.8 Å². The summed E-state index contributed by atoms with van der Waals surface area (Å²) in [4.78, 5) is 39.6. The highest BCUT2D eigenvalue weighted by molar-refractivity contribution is 6.11. The number of benzene rings is 1. The van der Waals surface area contributed by atoms with Gasteiger partial charge >= 0.3 is 0 Å². The van der Waals surface area contributed by atoms with E-state index in [2.05, 4.69) is 25.6 Å². The predicted molar refractivity (Wildman–Crippen MR) is 115 cm³/mol. The second-order valence-electron chi connectivity index (χ2n) is 7.52. The van der Waals surface area contributed by atoms with Crippen molar-refractivity contribution in [2.24, 2.45) is 4.99 Å². The van der Waals surface area contributed by atoms with Gasteiger partial charge in [-0.1, -0.05) is 6.08 Å². The Morgan fingerprint density at radius 3 is 2.43 bits per heavy atom. The molecule has 8 nitrogen and oxygen atoms in total. The van der Waals surface area contributed by atoms with Crippen molar-refractivity contribution < 1.29 is 9.59 Å². The van der Waals surface area contributed by atoms with Crippen LogP contribution in [0.15, 0.2) is 59.8 Å². The Labute approximate surface area is 174 Å². The van der Waals surface area contributed by atoms with Crippen molar-refractivity contribution in [1.29, 1.82) is 0 Å². The van der Waals surface area contributed by atoms with Crippen LogP contribution >= 0.6 is 0 Å². The van der Waals surface area contributed by atoms with Gasteiger partial charge in [-0.2, -0.15) is 4.99 Å². The molecule has 2 aliphatic rings. The van der Waals surface area contributed by atoms with Gasteiger partial charge in [-0.15, -0.1) is 0 Å². The van der Waals surface area contributed by atoms with E-state index in [1.165, 1.54) is 0 Å². The average Bonchev–Trinajstić information content (AvgIpc) is 2.68. The highest BCUT2D eigenvalue weighted by Crippen LogP contribution is 2.29. The molecule has 2 N–H and O–H groups in total. The first-order valence-corrected chi connectivity index (χ1v) is 9.60. The number of anilines is 3. The van der Waals surface area contributed by atoms with E-state index in [-0.39, 0.29) is 18.2 Å². The highest BCUT2D eigenvalue weighted by Gasteiger charge is 2.45. The fourth-order valence-corrected chi connectivity index (χ4v) is 3.49. The number of amidine groups is 1. The van der Waals surface area contributed by atoms with Gasteiger partial charge in [0, 0.05) is 29.0 Å². The van der Waals surface area contributed by atoms with Crippen LogP contribution < -0.4 is 10.6 Å². The maximum absolute atomic E-state index is 13.1. The zero-order chi connectivity index (χ0) is 21.3. The van der Waals surface area contributed by atoms with Gasteiger partial charge in [0.15, 0.2) is 0 Å². The van der Waals surface area contributed by atoms with Crippen LogP contribution in [0.25, 0.3) is 0 Å². The molecule has 3 heterocycles. The summed E-state index contributed by atoms with van der Waals surface area (Å²) in [6.07, 6.45) is 7.09. The zero-order valence-corrected chi connectivity index (χ0v) is 17.0. The summed E-state index contributed by atoms with van der Waals surface area (Å²) in [7, 11) is 0. The largest absolute Gasteiger partial charge is 0.324 e. The molecule has 8 heteroatoms. The summed E-state index contributed by atoms with van der Waals surface area (Å²) < 4.78 is 0. The summed E-state index contributed by atoms with van der Waals surface area (Å²) >= 11 is 0. The molecule has 2 aromatic rings. The molecule has 1 atom stereocenters. The first kappa shape index (κ1) is 19.5. The second-order valence-corrected chi connectivity index (χ2v) is 7.52. The van der Waals surface area contributed by atoms with E-state index in [0.29, 0.717) is 17.5 Å². The van der Waals surface area contributed by atoms with Gasteiger partial charge in [-0.05, 0) is 63.3 Å². The number of aryl methyl sites for hydroxylation is 2. The minimum Gasteiger partial charge on any atom is -0.324 e. The minimum absolute atomic E-state index is 0.00417. The van der Waals surface area contributed by atoms with Crippen molar-refractivity contribution in [1.82, 2.24) is 14.9 Å². The summed E-state index contributed by atoms with van der Waals surface area (Å²) in [5, 5.41) is 6.07. The van der Waals surface area contributed by atoms with E-state index >= 15 is 0 Å². The van der Waals surface area contributed by atoms with Crippen molar-refractivity contribution in [3.8, 4) is 0 Å². The van der Waals surface area contributed by atoms with Gasteiger partial charge in [0.05, 0.1) is 6.42 Å². The van der Waals surface area contributed by atoms with Crippen LogP contribution in [0.4, 0.5) is 17.3 Å². The molecule has 4 rings (SSSR count). The molecule has 30 heavy (non-hydrogen) atoms. The highest BCUT2D eigenvalue weighted by atomic mass is 16.2. The van der Waals surface area contributed by atoms with Gasteiger partial charge in [-0.25, -0.2) is 9.97 Å². The Hall–Kier alpha value is -3.81. The molecule has 0 bridgehead atoms. The summed E-state index contributed by atoms with van der Waals surface area (Å²) in [6, 6.07) is 9.16. The van der Waals surface area contributed by atoms with Crippen molar-refractivity contribution in [3.05, 3.63) is 66.1 Å². The van der Waals surface area contributed by atoms with Crippen molar-refractivity contribution in [2.75, 3.05) is 10.6 Å². The standard InChI is InChI=1S/C22H22N6O2/c1-14-12-15(2)24-21(23-14)26-17-9-7-16(8-10-17)25-20(30)22(3)13-19(29)27-18-6-4-5-11-28(18)22/h4-12H,13H2,1-3H3,(H,25,30)(H,23,24,26). The van der Waals surface area contributed by atoms with Crippen LogP contribution in [0.3, 0.4) is 0 Å². The third-order valence-corrected chi connectivity index (χ3v) is 4.98. The smallest absolute Gasteiger partial charge is 0.250 e. The van der Waals surface area contributed by atoms with Gasteiger partial charge in [0.2, 0.25) is 5.95 Å². The Morgan fingerprint density at radius 1 is 1.07 bits per heavy atom. The average molecular weight is 402 g/mol. The lowest BCUT2D eigenvalue weighted by atomic mass is 9.91. The monoisotopic (exact) mass is 402 g/mol. The number of rotatable bonds is 4. The Bertz CT molecular complexity index is 1080. The number of amides is 2. The fraction of sp³-hybridized carbons (Fsp3) is 0.227. The number of nitrogens with zero attached hydrogens (tertiary/aromatic N) is 4. The third-order valence-electron chi connectivity index (χ3n) is 4.98. The van der Waals surface area contributed by atoms with Crippen LogP contribution in [0.1, 0.15) is 24.7 Å². The summed E-state index contributed by atoms with van der Waals surface area (Å²) in [5.41, 5.74) is 2.14. The maximum Gasteiger partial charge on any atom is 0.250 e. The third kappa shape index (κ3) is 3.84. The van der Waals surface area contributed by atoms with Crippen LogP contribution in [0.2, 0.25) is 0 Å². The molecule has 152 valence electrons. The minimum atomic E-state index is -1.06. The van der Waals surface area contributed by atoms with E-state index < -0.39 is 5.54 Å². The maximum atomic E-state index is 13.1. The molecular formula is C22H22N6O2. The van der Waals surface area contributed by atoms with Crippen LogP contribution in [-0.4, -0.2) is 38.1 Å². The number of hydrogen-bond acceptors (Lipinski definition) is 6. The molecule has 1 unspecified atom stereocenters. The van der Waals surface area contributed by atoms with Gasteiger partial charge in [0.1, 0.15) is 11.4 Å². The Balaban J connectivity index is 1.48. The first-order valence-electron chi connectivity index (χ1n) is 9.60. The number of allylic oxidation sites excluding steroid dienone is 2. The van der Waals surface area contributed by atoms with Crippen LogP contribution in [-0.2, 0) is 9.59 Å². The van der Waals surface area contributed by atoms with E-state index in [4.69, 9.17) is 0 Å². The molecule has 2 aliphatic heterocycles. The lowest BCUT2D eigenvalue weighted by molar-refractivity contribution is -0.130. The molecule has 2 amide bonds. The Morgan fingerprint density at radius 2 is 1.73 bits per heavy atom. The number of carbonyl (C=O) groups is 2. The quantitative estimate of drug-likeness (QED) is 0.814. The topological polar surface area (TPSA) is 99.6 Å². The van der Waals surface area contributed by atoms with Crippen molar-refractivity contribution in [3.63, 3.8) is 0 Å². The fourth-order valence-electron chi connectivity index (χ4n) is 3.49. The molecule has 1 aromatic heterocycles. The van der Waals surface area contributed by atoms with E-state index in [1.807, 2.05) is 38.1 Å². The number of nitrogens with one attached hydrogen (secondary N) is 2. The molecule has 0 fully saturated rings. The molecule has 0 saturated carbocycles. The lowest BCUT2D eigenvalue weighted by Crippen LogP contribution is -2.58. The number of aliphatic imine (C=N–C) groups is 1. The predicted octanol–water partition coefficient (Wildman–Crippen LogP) is 3.25.